The monoisotopic (exact) mass is 261 g/mol. The van der Waals surface area contributed by atoms with E-state index >= 15 is 0 Å². The molecule has 5 nitrogen and oxygen atoms in total. The number of rotatable bonds is 3. The van der Waals surface area contributed by atoms with E-state index in [4.69, 9.17) is 15.3 Å². The minimum atomic E-state index is -0.427. The standard InChI is InChI=1S/C12H11N3O2S/c13-8(4-16)10-5-18-12(15-10)7-1-2-9-11(3-7)17-6-14-9/h1-3,5-6,8,16H,4,13H2. The largest absolute Gasteiger partial charge is 0.443 e. The van der Waals surface area contributed by atoms with E-state index in [9.17, 15) is 0 Å². The Morgan fingerprint density at radius 1 is 1.44 bits per heavy atom. The molecule has 3 rings (SSSR count). The number of benzene rings is 1. The Morgan fingerprint density at radius 2 is 2.33 bits per heavy atom. The number of oxazole rings is 1. The molecule has 92 valence electrons. The van der Waals surface area contributed by atoms with E-state index in [1.165, 1.54) is 17.7 Å². The lowest BCUT2D eigenvalue weighted by Gasteiger charge is -2.02. The van der Waals surface area contributed by atoms with Crippen molar-refractivity contribution in [2.45, 2.75) is 6.04 Å². The third-order valence-electron chi connectivity index (χ3n) is 2.68. The number of nitrogens with two attached hydrogens (primary N) is 1. The van der Waals surface area contributed by atoms with Gasteiger partial charge in [0.1, 0.15) is 10.5 Å². The average molecular weight is 261 g/mol. The van der Waals surface area contributed by atoms with E-state index in [1.807, 2.05) is 23.6 Å². The Bertz CT molecular complexity index is 677. The Morgan fingerprint density at radius 3 is 3.17 bits per heavy atom. The molecule has 0 spiro atoms. The van der Waals surface area contributed by atoms with Crippen LogP contribution in [0, 0.1) is 0 Å². The van der Waals surface area contributed by atoms with Crippen molar-refractivity contribution in [2.75, 3.05) is 6.61 Å². The lowest BCUT2D eigenvalue weighted by atomic mass is 10.2. The van der Waals surface area contributed by atoms with Crippen LogP contribution < -0.4 is 5.73 Å². The summed E-state index contributed by atoms with van der Waals surface area (Å²) >= 11 is 1.49. The minimum absolute atomic E-state index is 0.107. The topological polar surface area (TPSA) is 85.2 Å². The molecule has 0 aliphatic carbocycles. The lowest BCUT2D eigenvalue weighted by molar-refractivity contribution is 0.266. The zero-order chi connectivity index (χ0) is 12.5. The van der Waals surface area contributed by atoms with Gasteiger partial charge in [-0.3, -0.25) is 0 Å². The fraction of sp³-hybridized carbons (Fsp3) is 0.167. The first kappa shape index (κ1) is 11.3. The summed E-state index contributed by atoms with van der Waals surface area (Å²) in [5.41, 5.74) is 8.94. The van der Waals surface area contributed by atoms with Gasteiger partial charge in [0, 0.05) is 10.9 Å². The van der Waals surface area contributed by atoms with Gasteiger partial charge in [0.25, 0.3) is 0 Å². The van der Waals surface area contributed by atoms with Crippen LogP contribution in [0.5, 0.6) is 0 Å². The summed E-state index contributed by atoms with van der Waals surface area (Å²) in [4.78, 5) is 8.48. The third kappa shape index (κ3) is 1.90. The van der Waals surface area contributed by atoms with Crippen molar-refractivity contribution in [3.63, 3.8) is 0 Å². The highest BCUT2D eigenvalue weighted by atomic mass is 32.1. The zero-order valence-corrected chi connectivity index (χ0v) is 10.2. The van der Waals surface area contributed by atoms with Crippen molar-refractivity contribution in [1.29, 1.82) is 0 Å². The highest BCUT2D eigenvalue weighted by Gasteiger charge is 2.11. The molecule has 2 heterocycles. The molecular formula is C12H11N3O2S. The summed E-state index contributed by atoms with van der Waals surface area (Å²) < 4.78 is 5.26. The maximum absolute atomic E-state index is 9.00. The van der Waals surface area contributed by atoms with Gasteiger partial charge in [-0.15, -0.1) is 11.3 Å². The molecule has 1 aromatic carbocycles. The van der Waals surface area contributed by atoms with Crippen molar-refractivity contribution >= 4 is 22.4 Å². The number of thiazole rings is 1. The van der Waals surface area contributed by atoms with Crippen LogP contribution >= 0.6 is 11.3 Å². The summed E-state index contributed by atoms with van der Waals surface area (Å²) in [6.45, 7) is -0.107. The highest BCUT2D eigenvalue weighted by molar-refractivity contribution is 7.13. The number of fused-ring (bicyclic) bond motifs is 1. The van der Waals surface area contributed by atoms with Crippen molar-refractivity contribution in [2.24, 2.45) is 5.73 Å². The predicted molar refractivity (Wildman–Crippen MR) is 69.1 cm³/mol. The number of aromatic nitrogens is 2. The minimum Gasteiger partial charge on any atom is -0.443 e. The van der Waals surface area contributed by atoms with Gasteiger partial charge in [0.2, 0.25) is 0 Å². The van der Waals surface area contributed by atoms with Crippen LogP contribution in [-0.2, 0) is 0 Å². The van der Waals surface area contributed by atoms with Gasteiger partial charge in [0.05, 0.1) is 18.3 Å². The number of hydrogen-bond acceptors (Lipinski definition) is 6. The second-order valence-corrected chi connectivity index (χ2v) is 4.76. The fourth-order valence-electron chi connectivity index (χ4n) is 1.67. The molecule has 3 aromatic rings. The molecule has 1 atom stereocenters. The molecule has 0 amide bonds. The SMILES string of the molecule is NC(CO)c1csc(-c2ccc3ncoc3c2)n1. The van der Waals surface area contributed by atoms with E-state index in [1.54, 1.807) is 0 Å². The second kappa shape index (κ2) is 4.49. The molecular weight excluding hydrogens is 250 g/mol. The predicted octanol–water partition coefficient (Wildman–Crippen LogP) is 1.94. The molecule has 0 saturated carbocycles. The molecule has 6 heteroatoms. The van der Waals surface area contributed by atoms with Crippen LogP contribution in [0.15, 0.2) is 34.4 Å². The first-order chi connectivity index (χ1) is 8.78. The molecule has 0 fully saturated rings. The van der Waals surface area contributed by atoms with Gasteiger partial charge in [-0.1, -0.05) is 0 Å². The van der Waals surface area contributed by atoms with E-state index in [0.29, 0.717) is 5.69 Å². The van der Waals surface area contributed by atoms with Crippen molar-refractivity contribution < 1.29 is 9.52 Å². The lowest BCUT2D eigenvalue weighted by Crippen LogP contribution is -2.14. The number of aliphatic hydroxyl groups is 1. The molecule has 1 unspecified atom stereocenters. The van der Waals surface area contributed by atoms with E-state index in [0.717, 1.165) is 21.7 Å². The average Bonchev–Trinajstić information content (AvgIpc) is 3.05. The zero-order valence-electron chi connectivity index (χ0n) is 9.41. The normalized spacial score (nSPS) is 13.0. The van der Waals surface area contributed by atoms with E-state index in [2.05, 4.69) is 9.97 Å². The highest BCUT2D eigenvalue weighted by Crippen LogP contribution is 2.28. The van der Waals surface area contributed by atoms with Crippen molar-refractivity contribution in [1.82, 2.24) is 9.97 Å². The molecule has 0 bridgehead atoms. The molecule has 3 N–H and O–H groups in total. The van der Waals surface area contributed by atoms with Gasteiger partial charge in [-0.2, -0.15) is 0 Å². The second-order valence-electron chi connectivity index (χ2n) is 3.90. The Labute approximate surface area is 107 Å². The van der Waals surface area contributed by atoms with Crippen molar-refractivity contribution in [3.8, 4) is 10.6 Å². The van der Waals surface area contributed by atoms with Gasteiger partial charge in [-0.25, -0.2) is 9.97 Å². The first-order valence-electron chi connectivity index (χ1n) is 5.43. The van der Waals surface area contributed by atoms with Crippen LogP contribution in [0.2, 0.25) is 0 Å². The Balaban J connectivity index is 2.00. The van der Waals surface area contributed by atoms with Crippen LogP contribution in [0.25, 0.3) is 21.7 Å². The Hall–Kier alpha value is -1.76. The molecule has 2 aromatic heterocycles. The molecule has 0 aliphatic heterocycles. The van der Waals surface area contributed by atoms with Gasteiger partial charge >= 0.3 is 0 Å². The molecule has 0 radical (unpaired) electrons. The summed E-state index contributed by atoms with van der Waals surface area (Å²) in [6.07, 6.45) is 1.42. The fourth-order valence-corrected chi connectivity index (χ4v) is 2.55. The maximum Gasteiger partial charge on any atom is 0.181 e. The molecule has 18 heavy (non-hydrogen) atoms. The van der Waals surface area contributed by atoms with Gasteiger partial charge < -0.3 is 15.3 Å². The molecule has 0 saturated heterocycles. The molecule has 0 aliphatic rings. The summed E-state index contributed by atoms with van der Waals surface area (Å²) in [5, 5.41) is 11.7. The first-order valence-corrected chi connectivity index (χ1v) is 6.31. The van der Waals surface area contributed by atoms with Crippen LogP contribution in [0.1, 0.15) is 11.7 Å². The number of aliphatic hydroxyl groups excluding tert-OH is 1. The quantitative estimate of drug-likeness (QED) is 0.752. The summed E-state index contributed by atoms with van der Waals surface area (Å²) in [6, 6.07) is 5.30. The maximum atomic E-state index is 9.00. The van der Waals surface area contributed by atoms with Crippen LogP contribution in [-0.4, -0.2) is 21.7 Å². The van der Waals surface area contributed by atoms with E-state index < -0.39 is 6.04 Å². The summed E-state index contributed by atoms with van der Waals surface area (Å²) in [7, 11) is 0. The van der Waals surface area contributed by atoms with Crippen LogP contribution in [0.4, 0.5) is 0 Å². The number of nitrogens with zero attached hydrogens (tertiary/aromatic N) is 2. The van der Waals surface area contributed by atoms with Gasteiger partial charge in [-0.05, 0) is 18.2 Å². The smallest absolute Gasteiger partial charge is 0.181 e. The Kier molecular flexibility index (Phi) is 2.83. The van der Waals surface area contributed by atoms with Crippen molar-refractivity contribution in [3.05, 3.63) is 35.7 Å². The van der Waals surface area contributed by atoms with Crippen LogP contribution in [0.3, 0.4) is 0 Å². The van der Waals surface area contributed by atoms with Gasteiger partial charge in [0.15, 0.2) is 12.0 Å². The number of hydrogen-bond donors (Lipinski definition) is 2. The van der Waals surface area contributed by atoms with E-state index in [-0.39, 0.29) is 6.61 Å². The third-order valence-corrected chi connectivity index (χ3v) is 3.59. The summed E-state index contributed by atoms with van der Waals surface area (Å²) in [5.74, 6) is 0.